The molecule has 1 aromatic rings. The molecule has 0 radical (unpaired) electrons. The first-order valence-electron chi connectivity index (χ1n) is 3.66. The molecule has 2 nitrogen and oxygen atoms in total. The number of rotatable bonds is 0. The van der Waals surface area contributed by atoms with E-state index in [4.69, 9.17) is 11.0 Å². The second-order valence-electron chi connectivity index (χ2n) is 2.35. The Labute approximate surface area is 75.8 Å². The van der Waals surface area contributed by atoms with Gasteiger partial charge in [-0.15, -0.1) is 0 Å². The van der Waals surface area contributed by atoms with Crippen LogP contribution in [0.1, 0.15) is 11.1 Å². The molecule has 0 heterocycles. The predicted octanol–water partition coefficient (Wildman–Crippen LogP) is 1.01. The Kier molecular flexibility index (Phi) is 3.03. The molecule has 0 aliphatic rings. The Morgan fingerprint density at radius 1 is 1.31 bits per heavy atom. The van der Waals surface area contributed by atoms with Gasteiger partial charge in [0.05, 0.1) is 18.2 Å². The minimum absolute atomic E-state index is 0.221. The summed E-state index contributed by atoms with van der Waals surface area (Å²) in [6, 6.07) is 5.79. The fourth-order valence-corrected chi connectivity index (χ4v) is 0.879. The van der Waals surface area contributed by atoms with Crippen molar-refractivity contribution in [3.8, 4) is 17.9 Å². The van der Waals surface area contributed by atoms with Gasteiger partial charge in [-0.3, -0.25) is 0 Å². The molecule has 13 heavy (non-hydrogen) atoms. The molecule has 0 atom stereocenters. The highest BCUT2D eigenvalue weighted by Gasteiger charge is 1.97. The van der Waals surface area contributed by atoms with Crippen LogP contribution in [0.3, 0.4) is 0 Å². The molecule has 0 fully saturated rings. The van der Waals surface area contributed by atoms with Crippen molar-refractivity contribution >= 4 is 0 Å². The van der Waals surface area contributed by atoms with Crippen LogP contribution in [0.5, 0.6) is 0 Å². The lowest BCUT2D eigenvalue weighted by Crippen LogP contribution is -1.93. The van der Waals surface area contributed by atoms with Gasteiger partial charge in [-0.05, 0) is 18.2 Å². The van der Waals surface area contributed by atoms with E-state index >= 15 is 0 Å². The van der Waals surface area contributed by atoms with E-state index in [1.165, 1.54) is 12.1 Å². The summed E-state index contributed by atoms with van der Waals surface area (Å²) in [6.45, 7) is 0.221. The van der Waals surface area contributed by atoms with Crippen LogP contribution >= 0.6 is 0 Å². The first-order valence-corrected chi connectivity index (χ1v) is 3.66. The molecule has 0 unspecified atom stereocenters. The zero-order valence-corrected chi connectivity index (χ0v) is 6.84. The highest BCUT2D eigenvalue weighted by Crippen LogP contribution is 2.06. The van der Waals surface area contributed by atoms with E-state index in [1.807, 2.05) is 6.07 Å². The fraction of sp³-hybridized carbons (Fsp3) is 0.100. The van der Waals surface area contributed by atoms with Crippen molar-refractivity contribution in [2.24, 2.45) is 5.73 Å². The molecule has 0 aliphatic carbocycles. The van der Waals surface area contributed by atoms with Gasteiger partial charge in [0.25, 0.3) is 0 Å². The molecule has 0 saturated heterocycles. The van der Waals surface area contributed by atoms with Crippen molar-refractivity contribution in [3.63, 3.8) is 0 Å². The molecule has 0 bridgehead atoms. The third-order valence-corrected chi connectivity index (χ3v) is 1.36. The van der Waals surface area contributed by atoms with Gasteiger partial charge in [-0.1, -0.05) is 11.8 Å². The van der Waals surface area contributed by atoms with Gasteiger partial charge in [0, 0.05) is 5.56 Å². The Morgan fingerprint density at radius 2 is 2.00 bits per heavy atom. The van der Waals surface area contributed by atoms with Crippen LogP contribution in [0.4, 0.5) is 4.39 Å². The summed E-state index contributed by atoms with van der Waals surface area (Å²) in [5, 5.41) is 8.52. The van der Waals surface area contributed by atoms with E-state index < -0.39 is 5.82 Å². The molecule has 0 amide bonds. The Morgan fingerprint density at radius 3 is 2.62 bits per heavy atom. The highest BCUT2D eigenvalue weighted by molar-refractivity contribution is 5.42. The normalized spacial score (nSPS) is 8.38. The van der Waals surface area contributed by atoms with Gasteiger partial charge in [0.1, 0.15) is 5.82 Å². The molecule has 64 valence electrons. The minimum atomic E-state index is -0.458. The van der Waals surface area contributed by atoms with E-state index in [1.54, 1.807) is 0 Å². The van der Waals surface area contributed by atoms with Crippen molar-refractivity contribution in [3.05, 3.63) is 35.1 Å². The number of nitrogens with zero attached hydrogens (tertiary/aromatic N) is 1. The summed E-state index contributed by atoms with van der Waals surface area (Å²) in [5.41, 5.74) is 5.89. The highest BCUT2D eigenvalue weighted by atomic mass is 19.1. The molecule has 1 rings (SSSR count). The lowest BCUT2D eigenvalue weighted by atomic mass is 10.1. The Hall–Kier alpha value is -1.84. The van der Waals surface area contributed by atoms with E-state index in [0.29, 0.717) is 5.56 Å². The van der Waals surface area contributed by atoms with E-state index in [0.717, 1.165) is 6.07 Å². The summed E-state index contributed by atoms with van der Waals surface area (Å²) in [5.74, 6) is 4.78. The Bertz CT molecular complexity index is 407. The molecule has 3 heteroatoms. The molecule has 0 saturated carbocycles. The van der Waals surface area contributed by atoms with E-state index in [2.05, 4.69) is 11.8 Å². The van der Waals surface area contributed by atoms with Crippen molar-refractivity contribution in [2.45, 2.75) is 0 Å². The number of nitrogens with two attached hydrogens (primary N) is 1. The molecule has 2 N–H and O–H groups in total. The number of hydrogen-bond donors (Lipinski definition) is 1. The Balaban J connectivity index is 3.10. The first-order chi connectivity index (χ1) is 6.26. The fourth-order valence-electron chi connectivity index (χ4n) is 0.879. The van der Waals surface area contributed by atoms with Crippen molar-refractivity contribution in [1.82, 2.24) is 0 Å². The summed E-state index contributed by atoms with van der Waals surface area (Å²) in [7, 11) is 0. The van der Waals surface area contributed by atoms with Gasteiger partial charge < -0.3 is 5.73 Å². The van der Waals surface area contributed by atoms with Gasteiger partial charge in [-0.2, -0.15) is 5.26 Å². The quantitative estimate of drug-likeness (QED) is 0.596. The van der Waals surface area contributed by atoms with Crippen molar-refractivity contribution < 1.29 is 4.39 Å². The van der Waals surface area contributed by atoms with Gasteiger partial charge in [0.2, 0.25) is 0 Å². The van der Waals surface area contributed by atoms with E-state index in [9.17, 15) is 4.39 Å². The topological polar surface area (TPSA) is 49.8 Å². The minimum Gasteiger partial charge on any atom is -0.320 e. The smallest absolute Gasteiger partial charge is 0.125 e. The predicted molar refractivity (Wildman–Crippen MR) is 47.0 cm³/mol. The maximum atomic E-state index is 12.8. The van der Waals surface area contributed by atoms with E-state index in [-0.39, 0.29) is 12.1 Å². The lowest BCUT2D eigenvalue weighted by molar-refractivity contribution is 0.627. The average Bonchev–Trinajstić information content (AvgIpc) is 2.14. The van der Waals surface area contributed by atoms with Crippen LogP contribution in [0.2, 0.25) is 0 Å². The number of halogens is 1. The van der Waals surface area contributed by atoms with Crippen LogP contribution in [-0.2, 0) is 0 Å². The molecule has 1 aromatic carbocycles. The van der Waals surface area contributed by atoms with Gasteiger partial charge >= 0.3 is 0 Å². The third kappa shape index (κ3) is 2.59. The monoisotopic (exact) mass is 174 g/mol. The van der Waals surface area contributed by atoms with Gasteiger partial charge in [-0.25, -0.2) is 4.39 Å². The second-order valence-corrected chi connectivity index (χ2v) is 2.35. The van der Waals surface area contributed by atoms with Crippen molar-refractivity contribution in [1.29, 1.82) is 5.26 Å². The second kappa shape index (κ2) is 4.25. The summed E-state index contributed by atoms with van der Waals surface area (Å²) >= 11 is 0. The molecule has 0 aliphatic heterocycles. The summed E-state index contributed by atoms with van der Waals surface area (Å²) in [4.78, 5) is 0. The van der Waals surface area contributed by atoms with Crippen LogP contribution in [0, 0.1) is 29.0 Å². The van der Waals surface area contributed by atoms with Crippen LogP contribution < -0.4 is 5.73 Å². The molecule has 0 aromatic heterocycles. The SMILES string of the molecule is N#Cc1cc(F)cc(C#CCN)c1. The van der Waals surface area contributed by atoms with Crippen LogP contribution in [0.15, 0.2) is 18.2 Å². The summed E-state index contributed by atoms with van der Waals surface area (Å²) in [6.07, 6.45) is 0. The first kappa shape index (κ1) is 9.25. The molecular weight excluding hydrogens is 167 g/mol. The maximum Gasteiger partial charge on any atom is 0.125 e. The number of nitriles is 1. The lowest BCUT2D eigenvalue weighted by Gasteiger charge is -1.92. The zero-order valence-electron chi connectivity index (χ0n) is 6.84. The number of hydrogen-bond acceptors (Lipinski definition) is 2. The molecular formula is C10H7FN2. The third-order valence-electron chi connectivity index (χ3n) is 1.36. The van der Waals surface area contributed by atoms with Crippen LogP contribution in [-0.4, -0.2) is 6.54 Å². The summed E-state index contributed by atoms with van der Waals surface area (Å²) < 4.78 is 12.8. The zero-order chi connectivity index (χ0) is 9.68. The number of benzene rings is 1. The largest absolute Gasteiger partial charge is 0.320 e. The van der Waals surface area contributed by atoms with Crippen LogP contribution in [0.25, 0.3) is 0 Å². The molecule has 0 spiro atoms. The average molecular weight is 174 g/mol. The van der Waals surface area contributed by atoms with Gasteiger partial charge in [0.15, 0.2) is 0 Å². The maximum absolute atomic E-state index is 12.8. The van der Waals surface area contributed by atoms with Crippen molar-refractivity contribution in [2.75, 3.05) is 6.54 Å². The standard InChI is InChI=1S/C10H7FN2/c11-10-5-8(2-1-3-12)4-9(6-10)7-13/h4-6H,3,12H2.